The van der Waals surface area contributed by atoms with E-state index in [0.717, 1.165) is 5.56 Å². The number of hydrogen-bond donors (Lipinski definition) is 7. The molecule has 5 unspecified atom stereocenters. The average Bonchev–Trinajstić information content (AvgIpc) is 2.87. The number of benzene rings is 2. The molecule has 3 amide bonds. The van der Waals surface area contributed by atoms with Crippen molar-refractivity contribution in [3.63, 3.8) is 0 Å². The summed E-state index contributed by atoms with van der Waals surface area (Å²) in [7, 11) is 0. The number of aromatic hydroxyl groups is 1. The largest absolute Gasteiger partial charge is 0.508 e. The third kappa shape index (κ3) is 10.4. The van der Waals surface area contributed by atoms with Gasteiger partial charge < -0.3 is 37.0 Å². The summed E-state index contributed by atoms with van der Waals surface area (Å²) in [6, 6.07) is 10.4. The highest BCUT2D eigenvalue weighted by Crippen LogP contribution is 2.12. The van der Waals surface area contributed by atoms with Gasteiger partial charge in [0.25, 0.3) is 0 Å². The van der Waals surface area contributed by atoms with Crippen LogP contribution in [0.4, 0.5) is 0 Å². The molecule has 0 saturated carbocycles. The number of carbonyl (C=O) groups excluding carboxylic acids is 3. The molecule has 0 aromatic heterocycles. The van der Waals surface area contributed by atoms with Crippen LogP contribution in [-0.2, 0) is 32.0 Å². The summed E-state index contributed by atoms with van der Waals surface area (Å²) in [5.41, 5.74) is 7.52. The number of phenols is 1. The van der Waals surface area contributed by atoms with Gasteiger partial charge in [-0.1, -0.05) is 56.3 Å². The fourth-order valence-electron chi connectivity index (χ4n) is 3.93. The Hall–Kier alpha value is -3.96. The molecule has 0 spiro atoms. The van der Waals surface area contributed by atoms with Crippen LogP contribution in [-0.4, -0.2) is 69.3 Å². The summed E-state index contributed by atoms with van der Waals surface area (Å²) in [4.78, 5) is 50.8. The summed E-state index contributed by atoms with van der Waals surface area (Å²) in [5, 5.41) is 36.2. The molecule has 0 aliphatic carbocycles. The number of nitrogens with two attached hydrogens (primary N) is 1. The maximum Gasteiger partial charge on any atom is 0.328 e. The van der Waals surface area contributed by atoms with Gasteiger partial charge in [0.05, 0.1) is 12.1 Å². The number of amides is 3. The molecule has 2 rings (SSSR count). The SMILES string of the molecule is CC(C)CC(NC(=O)C(N)Cc1ccc(O)cc1)C(=O)NC(Cc1ccccc1)C(=O)NC(C(=O)O)C(C)O. The van der Waals surface area contributed by atoms with Crippen LogP contribution >= 0.6 is 0 Å². The topological polar surface area (TPSA) is 191 Å². The van der Waals surface area contributed by atoms with Gasteiger partial charge >= 0.3 is 5.97 Å². The maximum atomic E-state index is 13.4. The number of aliphatic hydroxyl groups excluding tert-OH is 1. The number of carboxylic acid groups (broad SMARTS) is 1. The van der Waals surface area contributed by atoms with Gasteiger partial charge in [0.2, 0.25) is 17.7 Å². The third-order valence-electron chi connectivity index (χ3n) is 6.03. The van der Waals surface area contributed by atoms with Crippen molar-refractivity contribution >= 4 is 23.7 Å². The van der Waals surface area contributed by atoms with E-state index >= 15 is 0 Å². The van der Waals surface area contributed by atoms with Gasteiger partial charge in [0.1, 0.15) is 17.8 Å². The number of aliphatic hydroxyl groups is 1. The molecule has 0 saturated heterocycles. The number of phenolic OH excluding ortho intramolecular Hbond substituents is 1. The van der Waals surface area contributed by atoms with Gasteiger partial charge in [0.15, 0.2) is 6.04 Å². The Morgan fingerprint density at radius 2 is 1.31 bits per heavy atom. The van der Waals surface area contributed by atoms with Crippen LogP contribution in [0.15, 0.2) is 54.6 Å². The quantitative estimate of drug-likeness (QED) is 0.179. The van der Waals surface area contributed by atoms with E-state index in [1.807, 2.05) is 13.8 Å². The number of nitrogens with one attached hydrogen (secondary N) is 3. The summed E-state index contributed by atoms with van der Waals surface area (Å²) >= 11 is 0. The molecule has 212 valence electrons. The lowest BCUT2D eigenvalue weighted by atomic mass is 9.99. The highest BCUT2D eigenvalue weighted by molar-refractivity contribution is 5.94. The van der Waals surface area contributed by atoms with Crippen molar-refractivity contribution < 1.29 is 34.5 Å². The van der Waals surface area contributed by atoms with Crippen LogP contribution < -0.4 is 21.7 Å². The smallest absolute Gasteiger partial charge is 0.328 e. The minimum Gasteiger partial charge on any atom is -0.508 e. The Balaban J connectivity index is 2.19. The van der Waals surface area contributed by atoms with Crippen LogP contribution in [0.25, 0.3) is 0 Å². The first kappa shape index (κ1) is 31.3. The molecule has 0 fully saturated rings. The van der Waals surface area contributed by atoms with E-state index in [4.69, 9.17) is 5.73 Å². The maximum absolute atomic E-state index is 13.4. The first-order chi connectivity index (χ1) is 18.4. The second kappa shape index (κ2) is 14.8. The second-order valence-corrected chi connectivity index (χ2v) is 9.98. The second-order valence-electron chi connectivity index (χ2n) is 9.98. The number of carboxylic acids is 1. The molecule has 11 nitrogen and oxygen atoms in total. The zero-order valence-electron chi connectivity index (χ0n) is 22.3. The number of aliphatic carboxylic acids is 1. The Labute approximate surface area is 227 Å². The van der Waals surface area contributed by atoms with E-state index in [2.05, 4.69) is 16.0 Å². The van der Waals surface area contributed by atoms with Gasteiger partial charge in [-0.25, -0.2) is 4.79 Å². The van der Waals surface area contributed by atoms with Gasteiger partial charge in [0, 0.05) is 6.42 Å². The van der Waals surface area contributed by atoms with E-state index < -0.39 is 54.0 Å². The lowest BCUT2D eigenvalue weighted by molar-refractivity contribution is -0.145. The molecule has 39 heavy (non-hydrogen) atoms. The van der Waals surface area contributed by atoms with Crippen molar-refractivity contribution in [1.29, 1.82) is 0 Å². The van der Waals surface area contributed by atoms with Crippen molar-refractivity contribution in [3.05, 3.63) is 65.7 Å². The highest BCUT2D eigenvalue weighted by Gasteiger charge is 2.32. The molecular weight excluding hydrogens is 504 g/mol. The molecule has 0 radical (unpaired) electrons. The number of hydrogen-bond acceptors (Lipinski definition) is 7. The van der Waals surface area contributed by atoms with Crippen LogP contribution in [0.1, 0.15) is 38.3 Å². The lowest BCUT2D eigenvalue weighted by Gasteiger charge is -2.26. The minimum absolute atomic E-state index is 0.00222. The van der Waals surface area contributed by atoms with Crippen LogP contribution in [0.2, 0.25) is 0 Å². The molecule has 5 atom stereocenters. The van der Waals surface area contributed by atoms with Gasteiger partial charge in [-0.15, -0.1) is 0 Å². The van der Waals surface area contributed by atoms with E-state index in [-0.39, 0.29) is 30.9 Å². The average molecular weight is 543 g/mol. The fraction of sp³-hybridized carbons (Fsp3) is 0.429. The van der Waals surface area contributed by atoms with Gasteiger partial charge in [-0.05, 0) is 48.9 Å². The first-order valence-corrected chi connectivity index (χ1v) is 12.8. The highest BCUT2D eigenvalue weighted by atomic mass is 16.4. The Morgan fingerprint density at radius 3 is 1.85 bits per heavy atom. The Morgan fingerprint density at radius 1 is 0.769 bits per heavy atom. The molecule has 0 aliphatic rings. The van der Waals surface area contributed by atoms with Crippen LogP contribution in [0.5, 0.6) is 5.75 Å². The van der Waals surface area contributed by atoms with Crippen LogP contribution in [0, 0.1) is 5.92 Å². The zero-order valence-corrected chi connectivity index (χ0v) is 22.3. The minimum atomic E-state index is -1.57. The van der Waals surface area contributed by atoms with E-state index in [9.17, 15) is 34.5 Å². The number of rotatable bonds is 14. The van der Waals surface area contributed by atoms with Gasteiger partial charge in [-0.2, -0.15) is 0 Å². The van der Waals surface area contributed by atoms with E-state index in [0.29, 0.717) is 5.56 Å². The first-order valence-electron chi connectivity index (χ1n) is 12.8. The summed E-state index contributed by atoms with van der Waals surface area (Å²) in [5.74, 6) is -3.32. The van der Waals surface area contributed by atoms with Gasteiger partial charge in [-0.3, -0.25) is 14.4 Å². The molecule has 11 heteroatoms. The monoisotopic (exact) mass is 542 g/mol. The fourth-order valence-corrected chi connectivity index (χ4v) is 3.93. The normalized spacial score (nSPS) is 14.9. The standard InChI is InChI=1S/C28H38N4O7/c1-16(2)13-22(30-25(35)21(29)14-19-9-11-20(34)12-10-19)26(36)31-23(15-18-7-5-4-6-8-18)27(37)32-24(17(3)33)28(38)39/h4-12,16-17,21-24,33-34H,13-15,29H2,1-3H3,(H,30,35)(H,31,36)(H,32,37)(H,38,39). The predicted octanol–water partition coefficient (Wildman–Crippen LogP) is 0.471. The molecule has 2 aromatic rings. The summed E-state index contributed by atoms with van der Waals surface area (Å²) < 4.78 is 0. The van der Waals surface area contributed by atoms with Crippen LogP contribution in [0.3, 0.4) is 0 Å². The molecule has 0 aliphatic heterocycles. The molecule has 8 N–H and O–H groups in total. The van der Waals surface area contributed by atoms with E-state index in [1.165, 1.54) is 19.1 Å². The van der Waals surface area contributed by atoms with Crippen molar-refractivity contribution in [2.24, 2.45) is 11.7 Å². The zero-order chi connectivity index (χ0) is 29.1. The van der Waals surface area contributed by atoms with Crippen molar-refractivity contribution in [2.75, 3.05) is 0 Å². The Bertz CT molecular complexity index is 1110. The summed E-state index contributed by atoms with van der Waals surface area (Å²) in [6.45, 7) is 4.98. The van der Waals surface area contributed by atoms with Crippen molar-refractivity contribution in [3.8, 4) is 5.75 Å². The third-order valence-corrected chi connectivity index (χ3v) is 6.03. The van der Waals surface area contributed by atoms with Crippen molar-refractivity contribution in [1.82, 2.24) is 16.0 Å². The summed E-state index contributed by atoms with van der Waals surface area (Å²) in [6.07, 6.45) is -0.888. The molecule has 0 bridgehead atoms. The molecule has 0 heterocycles. The predicted molar refractivity (Wildman–Crippen MR) is 144 cm³/mol. The van der Waals surface area contributed by atoms with E-state index in [1.54, 1.807) is 42.5 Å². The molecular formula is C28H38N4O7. The molecule has 2 aromatic carbocycles. The lowest BCUT2D eigenvalue weighted by Crippen LogP contribution is -2.59. The number of carbonyl (C=O) groups is 4. The van der Waals surface area contributed by atoms with Crippen molar-refractivity contribution in [2.45, 2.75) is 70.3 Å². The Kier molecular flexibility index (Phi) is 11.9.